The third kappa shape index (κ3) is 5.74. The van der Waals surface area contributed by atoms with Gasteiger partial charge in [-0.2, -0.15) is 5.26 Å². The molecule has 2 aliphatic rings. The van der Waals surface area contributed by atoms with Gasteiger partial charge in [-0.25, -0.2) is 9.97 Å². The van der Waals surface area contributed by atoms with Crippen LogP contribution in [0.15, 0.2) is 30.5 Å². The summed E-state index contributed by atoms with van der Waals surface area (Å²) in [6.07, 6.45) is 5.90. The highest BCUT2D eigenvalue weighted by molar-refractivity contribution is 6.33. The first-order valence-electron chi connectivity index (χ1n) is 11.4. The molecule has 3 heterocycles. The summed E-state index contributed by atoms with van der Waals surface area (Å²) in [5, 5.41) is 17.1. The van der Waals surface area contributed by atoms with Crippen LogP contribution in [0.1, 0.15) is 32.1 Å². The van der Waals surface area contributed by atoms with Crippen molar-refractivity contribution < 1.29 is 9.47 Å². The van der Waals surface area contributed by atoms with Crippen LogP contribution in [0, 0.1) is 16.7 Å². The molecule has 4 rings (SSSR count). The maximum absolute atomic E-state index is 9.69. The van der Waals surface area contributed by atoms with Crippen molar-refractivity contribution in [2.75, 3.05) is 37.5 Å². The maximum Gasteiger partial charge on any atom is 0.126 e. The highest BCUT2D eigenvalue weighted by Crippen LogP contribution is 2.32. The molecule has 9 heteroatoms. The Balaban J connectivity index is 1.46. The zero-order chi connectivity index (χ0) is 23.3. The number of nitrogens with zero attached hydrogens (tertiary/aromatic N) is 3. The standard InChI is InChI=1S/C24H31ClN6O2/c1-32-21-6-5-16(11-19(21)27)30-23-12-17(18(25)13-28-23)20-3-2-4-22(31-20)29-15-24(14-26)7-9-33-10-8-24/h2-4,12-13,16,19,21H,5-11,15,27H2,1H3,(H,28,30)(H,29,31)/t16-,19?,21+/m0/s1. The predicted molar refractivity (Wildman–Crippen MR) is 129 cm³/mol. The molecule has 0 radical (unpaired) electrons. The Morgan fingerprint density at radius 2 is 2.12 bits per heavy atom. The van der Waals surface area contributed by atoms with Crippen molar-refractivity contribution in [3.63, 3.8) is 0 Å². The number of hydrogen-bond acceptors (Lipinski definition) is 8. The van der Waals surface area contributed by atoms with Crippen molar-refractivity contribution in [2.24, 2.45) is 11.1 Å². The van der Waals surface area contributed by atoms with Crippen molar-refractivity contribution in [3.8, 4) is 17.3 Å². The maximum atomic E-state index is 9.69. The number of nitrogens with two attached hydrogens (primary N) is 1. The van der Waals surface area contributed by atoms with Crippen LogP contribution in [0.2, 0.25) is 5.02 Å². The molecule has 0 amide bonds. The molecule has 0 spiro atoms. The minimum Gasteiger partial charge on any atom is -0.381 e. The lowest BCUT2D eigenvalue weighted by Gasteiger charge is -2.33. The van der Waals surface area contributed by atoms with Crippen LogP contribution in [0.5, 0.6) is 0 Å². The van der Waals surface area contributed by atoms with E-state index in [1.165, 1.54) is 0 Å². The smallest absolute Gasteiger partial charge is 0.126 e. The Morgan fingerprint density at radius 3 is 2.85 bits per heavy atom. The molecule has 4 N–H and O–H groups in total. The van der Waals surface area contributed by atoms with Crippen molar-refractivity contribution in [3.05, 3.63) is 35.5 Å². The highest BCUT2D eigenvalue weighted by atomic mass is 35.5. The first kappa shape index (κ1) is 23.7. The second-order valence-corrected chi connectivity index (χ2v) is 9.32. The third-order valence-electron chi connectivity index (χ3n) is 6.66. The van der Waals surface area contributed by atoms with E-state index < -0.39 is 5.41 Å². The van der Waals surface area contributed by atoms with Gasteiger partial charge < -0.3 is 25.8 Å². The molecule has 2 aromatic rings. The minimum absolute atomic E-state index is 0.00451. The van der Waals surface area contributed by atoms with E-state index in [4.69, 9.17) is 31.8 Å². The number of anilines is 2. The number of rotatable bonds is 7. The van der Waals surface area contributed by atoms with Gasteiger partial charge in [-0.05, 0) is 50.3 Å². The molecular weight excluding hydrogens is 440 g/mol. The molecule has 1 unspecified atom stereocenters. The molecule has 3 atom stereocenters. The van der Waals surface area contributed by atoms with Crippen LogP contribution < -0.4 is 16.4 Å². The van der Waals surface area contributed by atoms with Crippen LogP contribution in [-0.4, -0.2) is 55.0 Å². The fraction of sp³-hybridized carbons (Fsp3) is 0.542. The van der Waals surface area contributed by atoms with E-state index in [-0.39, 0.29) is 18.2 Å². The van der Waals surface area contributed by atoms with Gasteiger partial charge in [-0.3, -0.25) is 0 Å². The zero-order valence-corrected chi connectivity index (χ0v) is 19.6. The van der Waals surface area contributed by atoms with E-state index in [0.717, 1.165) is 49.2 Å². The van der Waals surface area contributed by atoms with Gasteiger partial charge in [0.15, 0.2) is 0 Å². The molecule has 0 aromatic carbocycles. The minimum atomic E-state index is -0.427. The Labute approximate surface area is 199 Å². The van der Waals surface area contributed by atoms with Crippen LogP contribution in [-0.2, 0) is 9.47 Å². The van der Waals surface area contributed by atoms with Gasteiger partial charge in [0.2, 0.25) is 0 Å². The van der Waals surface area contributed by atoms with E-state index in [1.54, 1.807) is 13.3 Å². The zero-order valence-electron chi connectivity index (χ0n) is 18.9. The number of hydrogen-bond donors (Lipinski definition) is 3. The number of aromatic nitrogens is 2. The quantitative estimate of drug-likeness (QED) is 0.558. The van der Waals surface area contributed by atoms with Gasteiger partial charge in [0.25, 0.3) is 0 Å². The first-order chi connectivity index (χ1) is 16.0. The molecule has 1 aliphatic heterocycles. The molecule has 1 saturated heterocycles. The van der Waals surface area contributed by atoms with Gasteiger partial charge in [0, 0.05) is 50.7 Å². The molecule has 1 aliphatic carbocycles. The summed E-state index contributed by atoms with van der Waals surface area (Å²) in [7, 11) is 1.71. The van der Waals surface area contributed by atoms with Crippen LogP contribution >= 0.6 is 11.6 Å². The normalized spacial score (nSPS) is 24.6. The second kappa shape index (κ2) is 10.7. The number of nitrogens with one attached hydrogen (secondary N) is 2. The van der Waals surface area contributed by atoms with Gasteiger partial charge in [-0.15, -0.1) is 0 Å². The summed E-state index contributed by atoms with van der Waals surface area (Å²) < 4.78 is 10.9. The summed E-state index contributed by atoms with van der Waals surface area (Å²) >= 11 is 6.49. The van der Waals surface area contributed by atoms with Crippen LogP contribution in [0.4, 0.5) is 11.6 Å². The number of nitriles is 1. The number of halogens is 1. The molecule has 33 heavy (non-hydrogen) atoms. The molecule has 2 fully saturated rings. The van der Waals surface area contributed by atoms with Gasteiger partial charge in [-0.1, -0.05) is 17.7 Å². The highest BCUT2D eigenvalue weighted by Gasteiger charge is 2.32. The monoisotopic (exact) mass is 470 g/mol. The Morgan fingerprint density at radius 1 is 1.30 bits per heavy atom. The summed E-state index contributed by atoms with van der Waals surface area (Å²) in [6, 6.07) is 10.4. The summed E-state index contributed by atoms with van der Waals surface area (Å²) in [5.74, 6) is 1.45. The molecule has 0 bridgehead atoms. The lowest BCUT2D eigenvalue weighted by atomic mass is 9.82. The molecule has 2 aromatic heterocycles. The summed E-state index contributed by atoms with van der Waals surface area (Å²) in [5.41, 5.74) is 7.36. The lowest BCUT2D eigenvalue weighted by molar-refractivity contribution is 0.0455. The fourth-order valence-electron chi connectivity index (χ4n) is 4.56. The number of pyridine rings is 2. The SMILES string of the molecule is CO[C@@H]1CC[C@H](Nc2cc(-c3cccc(NCC4(C#N)CCOCC4)n3)c(Cl)cn2)CC1N. The Hall–Kier alpha value is -2.44. The molecular formula is C24H31ClN6O2. The lowest BCUT2D eigenvalue weighted by Crippen LogP contribution is -2.45. The third-order valence-corrected chi connectivity index (χ3v) is 6.97. The van der Waals surface area contributed by atoms with E-state index in [2.05, 4.69) is 21.7 Å². The average Bonchev–Trinajstić information content (AvgIpc) is 2.85. The van der Waals surface area contributed by atoms with E-state index in [0.29, 0.717) is 30.6 Å². The van der Waals surface area contributed by atoms with E-state index >= 15 is 0 Å². The second-order valence-electron chi connectivity index (χ2n) is 8.91. The summed E-state index contributed by atoms with van der Waals surface area (Å²) in [6.45, 7) is 1.76. The summed E-state index contributed by atoms with van der Waals surface area (Å²) in [4.78, 5) is 9.20. The van der Waals surface area contributed by atoms with Crippen LogP contribution in [0.25, 0.3) is 11.3 Å². The molecule has 176 valence electrons. The van der Waals surface area contributed by atoms with Gasteiger partial charge in [0.1, 0.15) is 11.6 Å². The Bertz CT molecular complexity index is 991. The van der Waals surface area contributed by atoms with E-state index in [1.807, 2.05) is 24.3 Å². The topological polar surface area (TPSA) is 118 Å². The van der Waals surface area contributed by atoms with E-state index in [9.17, 15) is 5.26 Å². The van der Waals surface area contributed by atoms with Gasteiger partial charge >= 0.3 is 0 Å². The van der Waals surface area contributed by atoms with Crippen molar-refractivity contribution in [1.82, 2.24) is 9.97 Å². The molecule has 8 nitrogen and oxygen atoms in total. The predicted octanol–water partition coefficient (Wildman–Crippen LogP) is 3.84. The van der Waals surface area contributed by atoms with Crippen molar-refractivity contribution >= 4 is 23.2 Å². The van der Waals surface area contributed by atoms with Crippen LogP contribution in [0.3, 0.4) is 0 Å². The Kier molecular flexibility index (Phi) is 7.66. The average molecular weight is 471 g/mol. The largest absolute Gasteiger partial charge is 0.381 e. The number of methoxy groups -OCH3 is 1. The van der Waals surface area contributed by atoms with Crippen molar-refractivity contribution in [2.45, 2.75) is 50.3 Å². The first-order valence-corrected chi connectivity index (χ1v) is 11.8. The van der Waals surface area contributed by atoms with Gasteiger partial charge in [0.05, 0.1) is 28.3 Å². The fourth-order valence-corrected chi connectivity index (χ4v) is 4.76. The van der Waals surface area contributed by atoms with Crippen molar-refractivity contribution in [1.29, 1.82) is 5.26 Å². The molecule has 1 saturated carbocycles. The number of ether oxygens (including phenoxy) is 2.